The molecule has 0 saturated heterocycles. The SMILES string of the molecule is CC(C)(C)[C@@H](O)[C@@H](N)c1cc(C(F)(F)F)ccc1F. The summed E-state index contributed by atoms with van der Waals surface area (Å²) in [6, 6.07) is 0.791. The summed E-state index contributed by atoms with van der Waals surface area (Å²) in [6.07, 6.45) is -5.74. The summed E-state index contributed by atoms with van der Waals surface area (Å²) >= 11 is 0. The van der Waals surface area contributed by atoms with Gasteiger partial charge in [-0.2, -0.15) is 13.2 Å². The normalized spacial score (nSPS) is 16.3. The smallest absolute Gasteiger partial charge is 0.391 e. The Kier molecular flexibility index (Phi) is 4.27. The third-order valence-corrected chi connectivity index (χ3v) is 2.91. The van der Waals surface area contributed by atoms with E-state index < -0.39 is 35.1 Å². The number of hydrogen-bond donors (Lipinski definition) is 2. The van der Waals surface area contributed by atoms with Crippen LogP contribution in [0.25, 0.3) is 0 Å². The first-order valence-electron chi connectivity index (χ1n) is 5.75. The molecule has 3 N–H and O–H groups in total. The molecular formula is C13H17F4NO. The van der Waals surface area contributed by atoms with E-state index in [0.29, 0.717) is 18.2 Å². The van der Waals surface area contributed by atoms with E-state index in [9.17, 15) is 22.7 Å². The zero-order valence-corrected chi connectivity index (χ0v) is 10.9. The maximum Gasteiger partial charge on any atom is 0.416 e. The Hall–Kier alpha value is -1.14. The maximum absolute atomic E-state index is 13.6. The highest BCUT2D eigenvalue weighted by Gasteiger charge is 2.34. The van der Waals surface area contributed by atoms with Gasteiger partial charge in [0, 0.05) is 5.56 Å². The molecule has 0 aliphatic rings. The van der Waals surface area contributed by atoms with Crippen molar-refractivity contribution >= 4 is 0 Å². The zero-order chi connectivity index (χ0) is 15.0. The first-order valence-corrected chi connectivity index (χ1v) is 5.75. The number of hydrogen-bond acceptors (Lipinski definition) is 2. The Balaban J connectivity index is 3.20. The lowest BCUT2D eigenvalue weighted by molar-refractivity contribution is -0.137. The second-order valence-electron chi connectivity index (χ2n) is 5.57. The molecule has 0 radical (unpaired) electrons. The van der Waals surface area contributed by atoms with Gasteiger partial charge in [-0.3, -0.25) is 0 Å². The van der Waals surface area contributed by atoms with Crippen molar-refractivity contribution in [1.82, 2.24) is 0 Å². The fourth-order valence-corrected chi connectivity index (χ4v) is 1.68. The summed E-state index contributed by atoms with van der Waals surface area (Å²) in [5.74, 6) is -0.858. The molecule has 2 atom stereocenters. The molecule has 0 aliphatic carbocycles. The van der Waals surface area contributed by atoms with Gasteiger partial charge in [0.15, 0.2) is 0 Å². The van der Waals surface area contributed by atoms with E-state index >= 15 is 0 Å². The van der Waals surface area contributed by atoms with Gasteiger partial charge < -0.3 is 10.8 Å². The molecule has 0 aliphatic heterocycles. The number of aliphatic hydroxyl groups excluding tert-OH is 1. The van der Waals surface area contributed by atoms with Crippen molar-refractivity contribution in [2.45, 2.75) is 39.1 Å². The van der Waals surface area contributed by atoms with E-state index in [4.69, 9.17) is 5.73 Å². The summed E-state index contributed by atoms with van der Waals surface area (Å²) in [5, 5.41) is 9.95. The van der Waals surface area contributed by atoms with Gasteiger partial charge in [0.2, 0.25) is 0 Å². The van der Waals surface area contributed by atoms with E-state index in [-0.39, 0.29) is 5.56 Å². The minimum absolute atomic E-state index is 0.336. The quantitative estimate of drug-likeness (QED) is 0.816. The van der Waals surface area contributed by atoms with Crippen molar-refractivity contribution in [3.63, 3.8) is 0 Å². The van der Waals surface area contributed by atoms with Crippen LogP contribution in [0, 0.1) is 11.2 Å². The van der Waals surface area contributed by atoms with Crippen LogP contribution < -0.4 is 5.73 Å². The van der Waals surface area contributed by atoms with Crippen LogP contribution in [0.3, 0.4) is 0 Å². The van der Waals surface area contributed by atoms with Crippen molar-refractivity contribution in [3.8, 4) is 0 Å². The lowest BCUT2D eigenvalue weighted by Gasteiger charge is -2.31. The molecule has 0 saturated carbocycles. The zero-order valence-electron chi connectivity index (χ0n) is 10.9. The lowest BCUT2D eigenvalue weighted by Crippen LogP contribution is -2.37. The van der Waals surface area contributed by atoms with Gasteiger partial charge in [-0.25, -0.2) is 4.39 Å². The maximum atomic E-state index is 13.6. The van der Waals surface area contributed by atoms with E-state index in [2.05, 4.69) is 0 Å². The minimum Gasteiger partial charge on any atom is -0.391 e. The van der Waals surface area contributed by atoms with Gasteiger partial charge in [-0.1, -0.05) is 20.8 Å². The van der Waals surface area contributed by atoms with Gasteiger partial charge in [0.25, 0.3) is 0 Å². The average molecular weight is 279 g/mol. The van der Waals surface area contributed by atoms with Gasteiger partial charge >= 0.3 is 6.18 Å². The minimum atomic E-state index is -4.57. The molecule has 2 nitrogen and oxygen atoms in total. The molecule has 1 aromatic rings. The third-order valence-electron chi connectivity index (χ3n) is 2.91. The molecule has 1 rings (SSSR count). The van der Waals surface area contributed by atoms with Crippen LogP contribution in [0.4, 0.5) is 17.6 Å². The Morgan fingerprint density at radius 1 is 1.16 bits per heavy atom. The summed E-state index contributed by atoms with van der Waals surface area (Å²) in [4.78, 5) is 0. The monoisotopic (exact) mass is 279 g/mol. The molecule has 0 spiro atoms. The summed E-state index contributed by atoms with van der Waals surface area (Å²) in [6.45, 7) is 5.01. The first-order chi connectivity index (χ1) is 8.44. The van der Waals surface area contributed by atoms with Gasteiger partial charge in [-0.05, 0) is 23.6 Å². The third kappa shape index (κ3) is 3.67. The molecule has 0 unspecified atom stereocenters. The van der Waals surface area contributed by atoms with Gasteiger partial charge in [0.1, 0.15) is 5.82 Å². The molecule has 108 valence electrons. The van der Waals surface area contributed by atoms with E-state index in [1.165, 1.54) is 0 Å². The van der Waals surface area contributed by atoms with Crippen molar-refractivity contribution in [2.24, 2.45) is 11.1 Å². The first kappa shape index (κ1) is 15.9. The van der Waals surface area contributed by atoms with Gasteiger partial charge in [-0.15, -0.1) is 0 Å². The molecule has 0 aromatic heterocycles. The second kappa shape index (κ2) is 5.09. The Labute approximate surface area is 109 Å². The fourth-order valence-electron chi connectivity index (χ4n) is 1.68. The van der Waals surface area contributed by atoms with Crippen LogP contribution in [0.2, 0.25) is 0 Å². The number of benzene rings is 1. The largest absolute Gasteiger partial charge is 0.416 e. The topological polar surface area (TPSA) is 46.2 Å². The van der Waals surface area contributed by atoms with Crippen LogP contribution in [0.15, 0.2) is 18.2 Å². The lowest BCUT2D eigenvalue weighted by atomic mass is 9.82. The predicted molar refractivity (Wildman–Crippen MR) is 63.8 cm³/mol. The highest BCUT2D eigenvalue weighted by molar-refractivity contribution is 5.30. The number of nitrogens with two attached hydrogens (primary N) is 1. The van der Waals surface area contributed by atoms with Gasteiger partial charge in [0.05, 0.1) is 17.7 Å². The summed E-state index contributed by atoms with van der Waals surface area (Å²) in [5.41, 5.74) is 3.69. The summed E-state index contributed by atoms with van der Waals surface area (Å²) < 4.78 is 51.3. The van der Waals surface area contributed by atoms with E-state index in [0.717, 1.165) is 0 Å². The molecule has 0 amide bonds. The van der Waals surface area contributed by atoms with Crippen LogP contribution in [-0.4, -0.2) is 11.2 Å². The van der Waals surface area contributed by atoms with Crippen LogP contribution >= 0.6 is 0 Å². The highest BCUT2D eigenvalue weighted by atomic mass is 19.4. The molecule has 19 heavy (non-hydrogen) atoms. The second-order valence-corrected chi connectivity index (χ2v) is 5.57. The summed E-state index contributed by atoms with van der Waals surface area (Å²) in [7, 11) is 0. The van der Waals surface area contributed by atoms with E-state index in [1.54, 1.807) is 20.8 Å². The number of halogens is 4. The van der Waals surface area contributed by atoms with Crippen molar-refractivity contribution in [3.05, 3.63) is 35.1 Å². The van der Waals surface area contributed by atoms with Crippen molar-refractivity contribution in [1.29, 1.82) is 0 Å². The fraction of sp³-hybridized carbons (Fsp3) is 0.538. The molecule has 1 aromatic carbocycles. The van der Waals surface area contributed by atoms with E-state index in [1.807, 2.05) is 0 Å². The molecule has 0 heterocycles. The number of rotatable bonds is 2. The molecule has 0 bridgehead atoms. The Morgan fingerprint density at radius 3 is 2.11 bits per heavy atom. The van der Waals surface area contributed by atoms with Crippen LogP contribution in [-0.2, 0) is 6.18 Å². The molecular weight excluding hydrogens is 262 g/mol. The molecule has 6 heteroatoms. The Morgan fingerprint density at radius 2 is 1.68 bits per heavy atom. The highest BCUT2D eigenvalue weighted by Crippen LogP contribution is 2.34. The Bertz CT molecular complexity index is 451. The number of aliphatic hydroxyl groups is 1. The van der Waals surface area contributed by atoms with Crippen LogP contribution in [0.1, 0.15) is 37.9 Å². The van der Waals surface area contributed by atoms with Crippen molar-refractivity contribution < 1.29 is 22.7 Å². The number of alkyl halides is 3. The molecule has 0 fully saturated rings. The van der Waals surface area contributed by atoms with Crippen LogP contribution in [0.5, 0.6) is 0 Å². The van der Waals surface area contributed by atoms with Crippen molar-refractivity contribution in [2.75, 3.05) is 0 Å². The predicted octanol–water partition coefficient (Wildman–Crippen LogP) is 3.25. The standard InChI is InChI=1S/C13H17F4NO/c1-12(2,3)11(19)10(18)8-6-7(13(15,16)17)4-5-9(8)14/h4-6,10-11,19H,18H2,1-3H3/t10-,11-/m0/s1. The average Bonchev–Trinajstić information content (AvgIpc) is 2.25.